The first-order valence-corrected chi connectivity index (χ1v) is 11.8. The highest BCUT2D eigenvalue weighted by molar-refractivity contribution is 6.09. The molecular weight excluding hydrogens is 489 g/mol. The molecule has 37 heavy (non-hydrogen) atoms. The Morgan fingerprint density at radius 3 is 2.32 bits per heavy atom. The number of alkyl halides is 3. The summed E-state index contributed by atoms with van der Waals surface area (Å²) in [6, 6.07) is 16.0. The standard InChI is InChI=1S/C26H25F3N4O4/c1-30-23-31-21-19(22(34)33(23)14-26(27,28)29)18(15-6-3-2-4-7-15)20(37-21)16-8-10-17(11-9-16)25(12-5-13-25)32-24(35)36/h2-4,6-11,23,30-32H,5,12-14H2,1H3,(H,35,36). The number of carbonyl (C=O) groups is 2. The topological polar surface area (TPSA) is 107 Å². The van der Waals surface area contributed by atoms with E-state index in [1.807, 2.05) is 12.1 Å². The molecule has 1 saturated carbocycles. The van der Waals surface area contributed by atoms with Gasteiger partial charge in [0.25, 0.3) is 5.91 Å². The van der Waals surface area contributed by atoms with Crippen LogP contribution in [0.15, 0.2) is 59.0 Å². The minimum absolute atomic E-state index is 0.0176. The Hall–Kier alpha value is -3.99. The van der Waals surface area contributed by atoms with Crippen molar-refractivity contribution in [2.45, 2.75) is 37.3 Å². The molecule has 2 aromatic carbocycles. The molecular formula is C26H25F3N4O4. The number of anilines is 1. The fourth-order valence-electron chi connectivity index (χ4n) is 5.03. The second-order valence-electron chi connectivity index (χ2n) is 9.20. The zero-order chi connectivity index (χ0) is 26.4. The van der Waals surface area contributed by atoms with Crippen LogP contribution in [0, 0.1) is 0 Å². The highest BCUT2D eigenvalue weighted by Gasteiger charge is 2.44. The largest absolute Gasteiger partial charge is 0.465 e. The van der Waals surface area contributed by atoms with Gasteiger partial charge in [0.15, 0.2) is 6.29 Å². The lowest BCUT2D eigenvalue weighted by Gasteiger charge is -2.42. The van der Waals surface area contributed by atoms with Crippen LogP contribution in [0.4, 0.5) is 23.8 Å². The van der Waals surface area contributed by atoms with Crippen LogP contribution in [-0.4, -0.2) is 48.1 Å². The molecule has 2 amide bonds. The number of halogens is 3. The summed E-state index contributed by atoms with van der Waals surface area (Å²) in [5, 5.41) is 17.5. The first kappa shape index (κ1) is 24.7. The van der Waals surface area contributed by atoms with Gasteiger partial charge in [0.2, 0.25) is 5.88 Å². The van der Waals surface area contributed by atoms with Crippen molar-refractivity contribution in [1.82, 2.24) is 15.5 Å². The van der Waals surface area contributed by atoms with Crippen LogP contribution in [0.1, 0.15) is 35.2 Å². The number of furan rings is 1. The lowest BCUT2D eigenvalue weighted by atomic mass is 9.71. The van der Waals surface area contributed by atoms with E-state index >= 15 is 0 Å². The van der Waals surface area contributed by atoms with Gasteiger partial charge in [-0.15, -0.1) is 0 Å². The van der Waals surface area contributed by atoms with Crippen LogP contribution >= 0.6 is 0 Å². The fourth-order valence-corrected chi connectivity index (χ4v) is 5.03. The summed E-state index contributed by atoms with van der Waals surface area (Å²) in [6.45, 7) is -1.44. The van der Waals surface area contributed by atoms with E-state index in [-0.39, 0.29) is 11.4 Å². The summed E-state index contributed by atoms with van der Waals surface area (Å²) < 4.78 is 46.1. The third-order valence-corrected chi connectivity index (χ3v) is 6.90. The van der Waals surface area contributed by atoms with E-state index in [4.69, 9.17) is 4.42 Å². The molecule has 1 aliphatic carbocycles. The monoisotopic (exact) mass is 514 g/mol. The summed E-state index contributed by atoms with van der Waals surface area (Å²) in [7, 11) is 1.45. The van der Waals surface area contributed by atoms with Gasteiger partial charge in [0, 0.05) is 11.1 Å². The maximum absolute atomic E-state index is 13.5. The number of hydrogen-bond donors (Lipinski definition) is 4. The van der Waals surface area contributed by atoms with E-state index in [9.17, 15) is 27.9 Å². The van der Waals surface area contributed by atoms with Crippen molar-refractivity contribution in [1.29, 1.82) is 0 Å². The maximum Gasteiger partial charge on any atom is 0.406 e. The second-order valence-corrected chi connectivity index (χ2v) is 9.20. The number of rotatable bonds is 6. The number of carbonyl (C=O) groups excluding carboxylic acids is 1. The van der Waals surface area contributed by atoms with Crippen molar-refractivity contribution < 1.29 is 32.3 Å². The molecule has 5 rings (SSSR count). The average Bonchev–Trinajstić information content (AvgIpc) is 3.22. The van der Waals surface area contributed by atoms with Crippen LogP contribution in [0.25, 0.3) is 22.5 Å². The Kier molecular flexibility index (Phi) is 6.10. The molecule has 1 fully saturated rings. The highest BCUT2D eigenvalue weighted by atomic mass is 19.4. The molecule has 0 spiro atoms. The summed E-state index contributed by atoms with van der Waals surface area (Å²) >= 11 is 0. The molecule has 8 nitrogen and oxygen atoms in total. The molecule has 1 atom stereocenters. The third-order valence-electron chi connectivity index (χ3n) is 6.90. The molecule has 2 heterocycles. The molecule has 0 saturated heterocycles. The number of amides is 2. The molecule has 1 aliphatic heterocycles. The molecule has 194 valence electrons. The van der Waals surface area contributed by atoms with E-state index in [0.717, 1.165) is 12.0 Å². The van der Waals surface area contributed by atoms with E-state index in [0.29, 0.717) is 40.2 Å². The molecule has 0 bridgehead atoms. The summed E-state index contributed by atoms with van der Waals surface area (Å²) in [5.74, 6) is -0.417. The van der Waals surface area contributed by atoms with Gasteiger partial charge in [-0.2, -0.15) is 13.2 Å². The van der Waals surface area contributed by atoms with Crippen LogP contribution in [-0.2, 0) is 5.54 Å². The van der Waals surface area contributed by atoms with Crippen LogP contribution in [0.3, 0.4) is 0 Å². The number of benzene rings is 2. The van der Waals surface area contributed by atoms with Gasteiger partial charge in [-0.05, 0) is 37.4 Å². The van der Waals surface area contributed by atoms with E-state index in [2.05, 4.69) is 16.0 Å². The number of hydrogen-bond acceptors (Lipinski definition) is 5. The predicted octanol–water partition coefficient (Wildman–Crippen LogP) is 5.19. The normalized spacial score (nSPS) is 18.5. The maximum atomic E-state index is 13.5. The SMILES string of the molecule is CNC1Nc2oc(-c3ccc(C4(NC(=O)O)CCC4)cc3)c(-c3ccccc3)c2C(=O)N1CC(F)(F)F. The van der Waals surface area contributed by atoms with Crippen molar-refractivity contribution in [2.24, 2.45) is 0 Å². The summed E-state index contributed by atoms with van der Waals surface area (Å²) in [6.07, 6.45) is -4.54. The van der Waals surface area contributed by atoms with Gasteiger partial charge in [-0.1, -0.05) is 54.6 Å². The number of carboxylic acid groups (broad SMARTS) is 1. The minimum Gasteiger partial charge on any atom is -0.465 e. The zero-order valence-electron chi connectivity index (χ0n) is 19.9. The molecule has 3 aromatic rings. The molecule has 1 aromatic heterocycles. The molecule has 1 unspecified atom stereocenters. The van der Waals surface area contributed by atoms with Crippen LogP contribution in [0.5, 0.6) is 0 Å². The second kappa shape index (κ2) is 9.15. The van der Waals surface area contributed by atoms with Gasteiger partial charge in [-0.25, -0.2) is 4.79 Å². The quantitative estimate of drug-likeness (QED) is 0.361. The van der Waals surface area contributed by atoms with Crippen LogP contribution < -0.4 is 16.0 Å². The van der Waals surface area contributed by atoms with Gasteiger partial charge in [0.1, 0.15) is 17.9 Å². The molecule has 11 heteroatoms. The lowest BCUT2D eigenvalue weighted by Crippen LogP contribution is -2.57. The Balaban J connectivity index is 1.61. The number of fused-ring (bicyclic) bond motifs is 1. The van der Waals surface area contributed by atoms with Crippen molar-refractivity contribution in [3.63, 3.8) is 0 Å². The Morgan fingerprint density at radius 2 is 1.78 bits per heavy atom. The van der Waals surface area contributed by atoms with E-state index < -0.39 is 36.6 Å². The summed E-state index contributed by atoms with van der Waals surface area (Å²) in [4.78, 5) is 25.5. The summed E-state index contributed by atoms with van der Waals surface area (Å²) in [5.41, 5.74) is 1.77. The van der Waals surface area contributed by atoms with Crippen molar-refractivity contribution in [3.05, 3.63) is 65.7 Å². The first-order valence-electron chi connectivity index (χ1n) is 11.8. The molecule has 2 aliphatic rings. The molecule has 4 N–H and O–H groups in total. The Morgan fingerprint density at radius 1 is 1.11 bits per heavy atom. The van der Waals surface area contributed by atoms with Gasteiger partial charge < -0.3 is 20.2 Å². The lowest BCUT2D eigenvalue weighted by molar-refractivity contribution is -0.145. The Bertz CT molecular complexity index is 1320. The van der Waals surface area contributed by atoms with Crippen molar-refractivity contribution in [3.8, 4) is 22.5 Å². The molecule has 0 radical (unpaired) electrons. The number of nitrogens with one attached hydrogen (secondary N) is 3. The van der Waals surface area contributed by atoms with Crippen LogP contribution in [0.2, 0.25) is 0 Å². The smallest absolute Gasteiger partial charge is 0.406 e. The highest BCUT2D eigenvalue weighted by Crippen LogP contribution is 2.46. The Labute approximate surface area is 210 Å². The van der Waals surface area contributed by atoms with Crippen molar-refractivity contribution in [2.75, 3.05) is 18.9 Å². The van der Waals surface area contributed by atoms with Gasteiger partial charge in [-0.3, -0.25) is 15.0 Å². The first-order chi connectivity index (χ1) is 17.6. The van der Waals surface area contributed by atoms with Gasteiger partial charge >= 0.3 is 12.3 Å². The van der Waals surface area contributed by atoms with Crippen molar-refractivity contribution >= 4 is 17.9 Å². The minimum atomic E-state index is -4.60. The van der Waals surface area contributed by atoms with Gasteiger partial charge in [0.05, 0.1) is 5.54 Å². The van der Waals surface area contributed by atoms with E-state index in [1.165, 1.54) is 7.05 Å². The zero-order valence-corrected chi connectivity index (χ0v) is 19.9. The van der Waals surface area contributed by atoms with E-state index in [1.54, 1.807) is 42.5 Å². The third kappa shape index (κ3) is 4.50. The number of nitrogens with zero attached hydrogens (tertiary/aromatic N) is 1. The predicted molar refractivity (Wildman–Crippen MR) is 130 cm³/mol. The fraction of sp³-hybridized carbons (Fsp3) is 0.308. The average molecular weight is 515 g/mol.